The van der Waals surface area contributed by atoms with Crippen molar-refractivity contribution >= 4 is 23.6 Å². The molecule has 0 bridgehead atoms. The Hall–Kier alpha value is -2.32. The van der Waals surface area contributed by atoms with E-state index >= 15 is 0 Å². The Bertz CT molecular complexity index is 729. The number of carboxylic acids is 1. The fourth-order valence-electron chi connectivity index (χ4n) is 2.01. The molecular weight excluding hydrogens is 332 g/mol. The Morgan fingerprint density at radius 1 is 1.38 bits per heavy atom. The number of rotatable bonds is 8. The fourth-order valence-corrected chi connectivity index (χ4v) is 2.97. The topological polar surface area (TPSA) is 102 Å². The summed E-state index contributed by atoms with van der Waals surface area (Å²) in [6.07, 6.45) is 0. The van der Waals surface area contributed by atoms with Crippen LogP contribution in [0.25, 0.3) is 0 Å². The lowest BCUT2D eigenvalue weighted by molar-refractivity contribution is 0.0686. The van der Waals surface area contributed by atoms with Gasteiger partial charge in [-0.15, -0.1) is 11.8 Å². The summed E-state index contributed by atoms with van der Waals surface area (Å²) < 4.78 is 9.80. The summed E-state index contributed by atoms with van der Waals surface area (Å²) in [5, 5.41) is 15.7. The highest BCUT2D eigenvalue weighted by atomic mass is 32.2. The normalized spacial score (nSPS) is 10.6. The molecule has 2 N–H and O–H groups in total. The van der Waals surface area contributed by atoms with Crippen molar-refractivity contribution in [2.24, 2.45) is 0 Å². The third-order valence-electron chi connectivity index (χ3n) is 3.23. The van der Waals surface area contributed by atoms with Gasteiger partial charge in [-0.25, -0.2) is 4.79 Å². The predicted molar refractivity (Wildman–Crippen MR) is 88.4 cm³/mol. The van der Waals surface area contributed by atoms with Gasteiger partial charge in [0.15, 0.2) is 0 Å². The molecule has 8 heteroatoms. The van der Waals surface area contributed by atoms with Crippen LogP contribution in [0.2, 0.25) is 0 Å². The molecule has 1 heterocycles. The van der Waals surface area contributed by atoms with Gasteiger partial charge >= 0.3 is 5.97 Å². The third-order valence-corrected chi connectivity index (χ3v) is 4.42. The molecule has 24 heavy (non-hydrogen) atoms. The van der Waals surface area contributed by atoms with Crippen LogP contribution in [0.4, 0.5) is 0 Å². The molecule has 0 aliphatic rings. The number of carboxylic acid groups (broad SMARTS) is 1. The lowest BCUT2D eigenvalue weighted by Crippen LogP contribution is -2.28. The number of aromatic carboxylic acids is 1. The van der Waals surface area contributed by atoms with Gasteiger partial charge < -0.3 is 19.7 Å². The number of carbonyl (C=O) groups is 2. The van der Waals surface area contributed by atoms with Crippen LogP contribution in [0.15, 0.2) is 33.7 Å². The highest BCUT2D eigenvalue weighted by Gasteiger charge is 2.27. The summed E-state index contributed by atoms with van der Waals surface area (Å²) in [5.74, 6) is -1.86. The SMILES string of the molecule is COCCNC(=O)c1onc(CSc2ccccc2C)c1C(=O)O. The number of nitrogens with one attached hydrogen (secondary N) is 1. The van der Waals surface area contributed by atoms with E-state index in [9.17, 15) is 14.7 Å². The molecule has 1 amide bonds. The molecule has 128 valence electrons. The number of ether oxygens (including phenoxy) is 1. The van der Waals surface area contributed by atoms with E-state index in [4.69, 9.17) is 9.26 Å². The number of thioether (sulfide) groups is 1. The summed E-state index contributed by atoms with van der Waals surface area (Å²) >= 11 is 1.44. The van der Waals surface area contributed by atoms with E-state index in [2.05, 4.69) is 10.5 Å². The average Bonchev–Trinajstić information content (AvgIpc) is 2.98. The third kappa shape index (κ3) is 4.36. The maximum Gasteiger partial charge on any atom is 0.341 e. The molecule has 0 saturated heterocycles. The molecule has 1 aromatic heterocycles. The first-order chi connectivity index (χ1) is 11.5. The minimum absolute atomic E-state index is 0.203. The standard InChI is InChI=1S/C16H18N2O5S/c1-10-5-3-4-6-12(10)24-9-11-13(16(20)21)14(23-18-11)15(19)17-7-8-22-2/h3-6H,7-9H2,1-2H3,(H,17,19)(H,20,21). The number of benzene rings is 1. The molecule has 0 aliphatic carbocycles. The van der Waals surface area contributed by atoms with Crippen LogP contribution in [0.3, 0.4) is 0 Å². The lowest BCUT2D eigenvalue weighted by atomic mass is 10.2. The molecule has 7 nitrogen and oxygen atoms in total. The van der Waals surface area contributed by atoms with Crippen molar-refractivity contribution in [2.75, 3.05) is 20.3 Å². The summed E-state index contributed by atoms with van der Waals surface area (Å²) in [6, 6.07) is 7.75. The first-order valence-corrected chi connectivity index (χ1v) is 8.20. The molecule has 0 atom stereocenters. The zero-order valence-electron chi connectivity index (χ0n) is 13.4. The second kappa shape index (κ2) is 8.51. The van der Waals surface area contributed by atoms with Crippen LogP contribution in [0, 0.1) is 6.92 Å². The number of hydrogen-bond donors (Lipinski definition) is 2. The number of carbonyl (C=O) groups excluding carboxylic acids is 1. The van der Waals surface area contributed by atoms with E-state index in [1.807, 2.05) is 31.2 Å². The summed E-state index contributed by atoms with van der Waals surface area (Å²) in [5.41, 5.74) is 1.11. The van der Waals surface area contributed by atoms with E-state index < -0.39 is 11.9 Å². The molecule has 0 aliphatic heterocycles. The number of hydrogen-bond acceptors (Lipinski definition) is 6. The van der Waals surface area contributed by atoms with Crippen molar-refractivity contribution in [1.82, 2.24) is 10.5 Å². The Labute approximate surface area is 143 Å². The summed E-state index contributed by atoms with van der Waals surface area (Å²) in [4.78, 5) is 24.5. The van der Waals surface area contributed by atoms with Crippen molar-refractivity contribution in [1.29, 1.82) is 0 Å². The second-order valence-electron chi connectivity index (χ2n) is 4.94. The van der Waals surface area contributed by atoms with Crippen LogP contribution in [0.5, 0.6) is 0 Å². The quantitative estimate of drug-likeness (QED) is 0.556. The van der Waals surface area contributed by atoms with Gasteiger partial charge in [-0.05, 0) is 18.6 Å². The van der Waals surface area contributed by atoms with Crippen LogP contribution in [0.1, 0.15) is 32.2 Å². The van der Waals surface area contributed by atoms with Gasteiger partial charge in [0, 0.05) is 24.3 Å². The van der Waals surface area contributed by atoms with Crippen molar-refractivity contribution in [3.05, 3.63) is 46.8 Å². The van der Waals surface area contributed by atoms with E-state index in [-0.39, 0.29) is 23.6 Å². The minimum atomic E-state index is -1.24. The zero-order chi connectivity index (χ0) is 17.5. The van der Waals surface area contributed by atoms with Crippen molar-refractivity contribution in [3.63, 3.8) is 0 Å². The maximum atomic E-state index is 12.0. The van der Waals surface area contributed by atoms with Crippen LogP contribution in [-0.4, -0.2) is 42.4 Å². The summed E-state index contributed by atoms with van der Waals surface area (Å²) in [6.45, 7) is 2.54. The van der Waals surface area contributed by atoms with Gasteiger partial charge in [0.05, 0.1) is 6.61 Å². The largest absolute Gasteiger partial charge is 0.477 e. The van der Waals surface area contributed by atoms with Crippen molar-refractivity contribution in [3.8, 4) is 0 Å². The van der Waals surface area contributed by atoms with Crippen LogP contribution < -0.4 is 5.32 Å². The van der Waals surface area contributed by atoms with Crippen LogP contribution in [-0.2, 0) is 10.5 Å². The minimum Gasteiger partial charge on any atom is -0.477 e. The van der Waals surface area contributed by atoms with Gasteiger partial charge in [0.2, 0.25) is 5.76 Å². The second-order valence-corrected chi connectivity index (χ2v) is 5.96. The van der Waals surface area contributed by atoms with Gasteiger partial charge in [-0.2, -0.15) is 0 Å². The molecule has 0 saturated carbocycles. The molecule has 2 rings (SSSR count). The number of aryl methyl sites for hydroxylation is 1. The van der Waals surface area contributed by atoms with Crippen molar-refractivity contribution < 1.29 is 24.0 Å². The molecule has 0 unspecified atom stereocenters. The van der Waals surface area contributed by atoms with Gasteiger partial charge in [0.1, 0.15) is 11.3 Å². The molecule has 0 radical (unpaired) electrons. The van der Waals surface area contributed by atoms with E-state index in [1.54, 1.807) is 0 Å². The molecule has 0 spiro atoms. The summed E-state index contributed by atoms with van der Waals surface area (Å²) in [7, 11) is 1.50. The van der Waals surface area contributed by atoms with E-state index in [0.29, 0.717) is 12.4 Å². The smallest absolute Gasteiger partial charge is 0.341 e. The molecule has 1 aromatic carbocycles. The highest BCUT2D eigenvalue weighted by Crippen LogP contribution is 2.27. The number of nitrogens with zero attached hydrogens (tertiary/aromatic N) is 1. The number of aromatic nitrogens is 1. The molecule has 2 aromatic rings. The molecule has 0 fully saturated rings. The monoisotopic (exact) mass is 350 g/mol. The molecular formula is C16H18N2O5S. The average molecular weight is 350 g/mol. The zero-order valence-corrected chi connectivity index (χ0v) is 14.2. The predicted octanol–water partition coefficient (Wildman–Crippen LogP) is 2.35. The van der Waals surface area contributed by atoms with Crippen LogP contribution >= 0.6 is 11.8 Å². The van der Waals surface area contributed by atoms with Gasteiger partial charge in [0.25, 0.3) is 5.91 Å². The Balaban J connectivity index is 2.14. The number of amides is 1. The number of methoxy groups -OCH3 is 1. The Kier molecular flexibility index (Phi) is 6.39. The lowest BCUT2D eigenvalue weighted by Gasteiger charge is -2.04. The highest BCUT2D eigenvalue weighted by molar-refractivity contribution is 7.98. The first kappa shape index (κ1) is 18.0. The Morgan fingerprint density at radius 3 is 2.79 bits per heavy atom. The fraction of sp³-hybridized carbons (Fsp3) is 0.312. The van der Waals surface area contributed by atoms with E-state index in [1.165, 1.54) is 18.9 Å². The van der Waals surface area contributed by atoms with Gasteiger partial charge in [-0.1, -0.05) is 23.4 Å². The van der Waals surface area contributed by atoms with Gasteiger partial charge in [-0.3, -0.25) is 4.79 Å². The van der Waals surface area contributed by atoms with E-state index in [0.717, 1.165) is 10.5 Å². The maximum absolute atomic E-state index is 12.0. The van der Waals surface area contributed by atoms with Crippen molar-refractivity contribution in [2.45, 2.75) is 17.6 Å². The first-order valence-electron chi connectivity index (χ1n) is 7.22. The Morgan fingerprint density at radius 2 is 2.12 bits per heavy atom.